The largest absolute Gasteiger partial charge is 0.388 e. The van der Waals surface area contributed by atoms with Crippen LogP contribution in [0.5, 0.6) is 0 Å². The molecule has 0 amide bonds. The van der Waals surface area contributed by atoms with Gasteiger partial charge in [0.1, 0.15) is 0 Å². The van der Waals surface area contributed by atoms with Crippen molar-refractivity contribution >= 4 is 39.0 Å². The van der Waals surface area contributed by atoms with Crippen LogP contribution in [0.15, 0.2) is 42.6 Å². The SMILES string of the molecule is CS(=O)(=O)N1CCCC1c1ccc(-c2ccc([C@@H](O)[C@@H](CF)CC(=O)C(Cl)Cl)cc2)cn1. The zero-order valence-electron chi connectivity index (χ0n) is 17.5. The molecule has 0 radical (unpaired) electrons. The normalized spacial score (nSPS) is 19.2. The first-order chi connectivity index (χ1) is 15.1. The fraction of sp³-hybridized carbons (Fsp3) is 0.455. The molecule has 0 spiro atoms. The molecule has 6 nitrogen and oxygen atoms in total. The zero-order valence-corrected chi connectivity index (χ0v) is 19.8. The summed E-state index contributed by atoms with van der Waals surface area (Å²) in [6.45, 7) is -0.384. The molecule has 1 unspecified atom stereocenters. The standard InChI is InChI=1S/C22H25Cl2FN2O4S/c1-32(30,31)27-10-2-3-19(27)18-9-8-16(13-26-18)14-4-6-15(7-5-14)21(29)17(12-25)11-20(28)22(23)24/h4-9,13,17,19,21-22,29H,2-3,10-12H2,1H3/t17-,19?,21-/m1/s1. The van der Waals surface area contributed by atoms with Crippen molar-refractivity contribution in [1.29, 1.82) is 0 Å². The van der Waals surface area contributed by atoms with E-state index in [1.165, 1.54) is 10.6 Å². The number of sulfonamides is 1. The summed E-state index contributed by atoms with van der Waals surface area (Å²) in [5.41, 5.74) is 2.84. The Morgan fingerprint density at radius 1 is 1.22 bits per heavy atom. The molecule has 32 heavy (non-hydrogen) atoms. The summed E-state index contributed by atoms with van der Waals surface area (Å²) < 4.78 is 38.8. The highest BCUT2D eigenvalue weighted by molar-refractivity contribution is 7.88. The maximum absolute atomic E-state index is 13.4. The van der Waals surface area contributed by atoms with E-state index in [9.17, 15) is 22.7 Å². The molecule has 0 saturated carbocycles. The number of alkyl halides is 3. The van der Waals surface area contributed by atoms with Gasteiger partial charge in [0.05, 0.1) is 30.8 Å². The van der Waals surface area contributed by atoms with Crippen LogP contribution in [-0.4, -0.2) is 52.9 Å². The molecular weight excluding hydrogens is 478 g/mol. The Kier molecular flexibility index (Phi) is 8.27. The van der Waals surface area contributed by atoms with Crippen molar-refractivity contribution in [3.63, 3.8) is 0 Å². The smallest absolute Gasteiger partial charge is 0.211 e. The predicted octanol–water partition coefficient (Wildman–Crippen LogP) is 4.23. The minimum Gasteiger partial charge on any atom is -0.388 e. The molecule has 1 aromatic carbocycles. The van der Waals surface area contributed by atoms with Crippen molar-refractivity contribution in [2.24, 2.45) is 5.92 Å². The van der Waals surface area contributed by atoms with Crippen LogP contribution in [0.25, 0.3) is 11.1 Å². The highest BCUT2D eigenvalue weighted by Gasteiger charge is 2.33. The number of aliphatic hydroxyl groups excluding tert-OH is 1. The second kappa shape index (κ2) is 10.6. The Bertz CT molecular complexity index is 1030. The summed E-state index contributed by atoms with van der Waals surface area (Å²) in [6.07, 6.45) is 3.00. The fourth-order valence-electron chi connectivity index (χ4n) is 3.95. The summed E-state index contributed by atoms with van der Waals surface area (Å²) in [6, 6.07) is 10.3. The Labute approximate surface area is 197 Å². The summed E-state index contributed by atoms with van der Waals surface area (Å²) >= 11 is 11.0. The van der Waals surface area contributed by atoms with Crippen molar-refractivity contribution in [1.82, 2.24) is 9.29 Å². The Balaban J connectivity index is 1.73. The van der Waals surface area contributed by atoms with Gasteiger partial charge in [-0.05, 0) is 30.0 Å². The molecule has 1 saturated heterocycles. The lowest BCUT2D eigenvalue weighted by Gasteiger charge is -2.22. The van der Waals surface area contributed by atoms with Crippen LogP contribution in [0.3, 0.4) is 0 Å². The molecule has 1 fully saturated rings. The lowest BCUT2D eigenvalue weighted by atomic mass is 9.91. The molecule has 1 aliphatic rings. The van der Waals surface area contributed by atoms with E-state index in [0.717, 1.165) is 24.0 Å². The van der Waals surface area contributed by atoms with Gasteiger partial charge < -0.3 is 5.11 Å². The molecule has 174 valence electrons. The van der Waals surface area contributed by atoms with E-state index < -0.39 is 39.3 Å². The maximum atomic E-state index is 13.4. The van der Waals surface area contributed by atoms with Gasteiger partial charge in [-0.15, -0.1) is 0 Å². The van der Waals surface area contributed by atoms with Crippen molar-refractivity contribution in [3.05, 3.63) is 53.9 Å². The van der Waals surface area contributed by atoms with Gasteiger partial charge in [-0.2, -0.15) is 4.31 Å². The first kappa shape index (κ1) is 25.1. The van der Waals surface area contributed by atoms with Crippen LogP contribution in [-0.2, 0) is 14.8 Å². The van der Waals surface area contributed by atoms with E-state index in [1.807, 2.05) is 12.1 Å². The van der Waals surface area contributed by atoms with Crippen molar-refractivity contribution < 1.29 is 22.7 Å². The number of rotatable bonds is 9. The summed E-state index contributed by atoms with van der Waals surface area (Å²) in [5, 5.41) is 10.5. The maximum Gasteiger partial charge on any atom is 0.211 e. The number of nitrogens with zero attached hydrogens (tertiary/aromatic N) is 2. The lowest BCUT2D eigenvalue weighted by Crippen LogP contribution is -2.29. The molecule has 2 aromatic rings. The van der Waals surface area contributed by atoms with Crippen LogP contribution < -0.4 is 0 Å². The third kappa shape index (κ3) is 5.85. The average molecular weight is 503 g/mol. The number of carbonyl (C=O) groups excluding carboxylic acids is 1. The van der Waals surface area contributed by atoms with E-state index in [4.69, 9.17) is 23.2 Å². The third-order valence-corrected chi connectivity index (χ3v) is 7.47. The quantitative estimate of drug-likeness (QED) is 0.518. The molecule has 10 heteroatoms. The van der Waals surface area contributed by atoms with Crippen LogP contribution in [0.1, 0.15) is 42.7 Å². The third-order valence-electron chi connectivity index (χ3n) is 5.69. The van der Waals surface area contributed by atoms with Gasteiger partial charge in [0, 0.05) is 30.6 Å². The summed E-state index contributed by atoms with van der Waals surface area (Å²) in [7, 11) is -3.29. The van der Waals surface area contributed by atoms with E-state index in [2.05, 4.69) is 4.98 Å². The first-order valence-electron chi connectivity index (χ1n) is 10.2. The van der Waals surface area contributed by atoms with Gasteiger partial charge in [0.2, 0.25) is 10.0 Å². The van der Waals surface area contributed by atoms with E-state index >= 15 is 0 Å². The molecule has 2 heterocycles. The van der Waals surface area contributed by atoms with Gasteiger partial charge in [0.25, 0.3) is 0 Å². The van der Waals surface area contributed by atoms with Gasteiger partial charge in [0.15, 0.2) is 10.6 Å². The number of aliphatic hydroxyl groups is 1. The number of hydrogen-bond acceptors (Lipinski definition) is 5. The number of aromatic nitrogens is 1. The van der Waals surface area contributed by atoms with Gasteiger partial charge in [-0.3, -0.25) is 14.2 Å². The Morgan fingerprint density at radius 2 is 1.88 bits per heavy atom. The van der Waals surface area contributed by atoms with Crippen molar-refractivity contribution in [2.75, 3.05) is 19.5 Å². The van der Waals surface area contributed by atoms with Gasteiger partial charge in [-0.25, -0.2) is 8.42 Å². The zero-order chi connectivity index (χ0) is 23.5. The molecular formula is C22H25Cl2FN2O4S. The molecule has 1 N–H and O–H groups in total. The number of benzene rings is 1. The van der Waals surface area contributed by atoms with E-state index in [1.54, 1.807) is 30.5 Å². The molecule has 0 bridgehead atoms. The second-order valence-corrected chi connectivity index (χ2v) is 11.0. The number of Topliss-reactive ketones (excluding diaryl/α,β-unsaturated/α-hetero) is 1. The molecule has 1 aromatic heterocycles. The summed E-state index contributed by atoms with van der Waals surface area (Å²) in [4.78, 5) is 14.9. The van der Waals surface area contributed by atoms with Crippen LogP contribution in [0, 0.1) is 5.92 Å². The molecule has 0 aliphatic carbocycles. The minimum atomic E-state index is -3.29. The number of ketones is 1. The predicted molar refractivity (Wildman–Crippen MR) is 123 cm³/mol. The highest BCUT2D eigenvalue weighted by Crippen LogP contribution is 2.34. The van der Waals surface area contributed by atoms with Crippen molar-refractivity contribution in [3.8, 4) is 11.1 Å². The number of hydrogen-bond donors (Lipinski definition) is 1. The molecule has 3 rings (SSSR count). The van der Waals surface area contributed by atoms with E-state index in [-0.39, 0.29) is 12.5 Å². The Morgan fingerprint density at radius 3 is 2.41 bits per heavy atom. The minimum absolute atomic E-state index is 0.252. The van der Waals surface area contributed by atoms with Crippen molar-refractivity contribution in [2.45, 2.75) is 36.2 Å². The lowest BCUT2D eigenvalue weighted by molar-refractivity contribution is -0.119. The number of halogens is 3. The molecule has 1 aliphatic heterocycles. The van der Waals surface area contributed by atoms with Gasteiger partial charge >= 0.3 is 0 Å². The number of pyridine rings is 1. The first-order valence-corrected chi connectivity index (χ1v) is 12.9. The Hall–Kier alpha value is -1.58. The highest BCUT2D eigenvalue weighted by atomic mass is 35.5. The monoisotopic (exact) mass is 502 g/mol. The van der Waals surface area contributed by atoms with Gasteiger partial charge in [-0.1, -0.05) is 53.5 Å². The fourth-order valence-corrected chi connectivity index (χ4v) is 5.26. The van der Waals surface area contributed by atoms with Crippen LogP contribution in [0.4, 0.5) is 4.39 Å². The molecule has 3 atom stereocenters. The average Bonchev–Trinajstić information content (AvgIpc) is 3.28. The summed E-state index contributed by atoms with van der Waals surface area (Å²) in [5.74, 6) is -1.46. The van der Waals surface area contributed by atoms with Crippen LogP contribution in [0.2, 0.25) is 0 Å². The number of carbonyl (C=O) groups is 1. The van der Waals surface area contributed by atoms with E-state index in [0.29, 0.717) is 17.8 Å². The van der Waals surface area contributed by atoms with Crippen LogP contribution >= 0.6 is 23.2 Å². The second-order valence-electron chi connectivity index (χ2n) is 7.96. The topological polar surface area (TPSA) is 87.6 Å².